The number of nitrogens with two attached hydrogens (primary N) is 1. The Morgan fingerprint density at radius 3 is 2.94 bits per heavy atom. The molecule has 0 unspecified atom stereocenters. The largest absolute Gasteiger partial charge is 0.340 e. The number of rotatable bonds is 6. The molecule has 94 valence electrons. The van der Waals surface area contributed by atoms with E-state index in [4.69, 9.17) is 5.84 Å². The summed E-state index contributed by atoms with van der Waals surface area (Å²) < 4.78 is 0. The number of hydrazine groups is 1. The zero-order valence-electron chi connectivity index (χ0n) is 10.4. The molecule has 5 nitrogen and oxygen atoms in total. The van der Waals surface area contributed by atoms with Crippen molar-refractivity contribution >= 4 is 11.6 Å². The van der Waals surface area contributed by atoms with Crippen LogP contribution in [0, 0.1) is 0 Å². The predicted octanol–water partition coefficient (Wildman–Crippen LogP) is 1.63. The van der Waals surface area contributed by atoms with Crippen LogP contribution in [0.2, 0.25) is 0 Å². The maximum Gasteiger partial charge on any atom is 0.272 e. The van der Waals surface area contributed by atoms with Gasteiger partial charge in [0.1, 0.15) is 5.69 Å². The molecule has 0 atom stereocenters. The summed E-state index contributed by atoms with van der Waals surface area (Å²) in [6, 6.07) is 3.37. The Morgan fingerprint density at radius 2 is 2.29 bits per heavy atom. The fourth-order valence-electron chi connectivity index (χ4n) is 1.53. The smallest absolute Gasteiger partial charge is 0.272 e. The molecule has 1 rings (SSSR count). The van der Waals surface area contributed by atoms with Gasteiger partial charge in [-0.05, 0) is 18.6 Å². The van der Waals surface area contributed by atoms with Crippen molar-refractivity contribution in [1.29, 1.82) is 0 Å². The monoisotopic (exact) mass is 236 g/mol. The standard InChI is InChI=1S/C12H20N4O/c1-3-4-5-8-16(2)12(17)11-9-10(15-13)6-7-14-11/h6-7,9H,3-5,8,13H2,1-2H3,(H,14,15). The van der Waals surface area contributed by atoms with E-state index in [0.29, 0.717) is 11.4 Å². The lowest BCUT2D eigenvalue weighted by atomic mass is 10.2. The Bertz CT molecular complexity index is 367. The minimum atomic E-state index is -0.0711. The number of nitrogen functional groups attached to an aromatic ring is 1. The van der Waals surface area contributed by atoms with Gasteiger partial charge in [-0.3, -0.25) is 15.6 Å². The van der Waals surface area contributed by atoms with Gasteiger partial charge in [0.05, 0.1) is 5.69 Å². The number of nitrogens with one attached hydrogen (secondary N) is 1. The van der Waals surface area contributed by atoms with Gasteiger partial charge in [-0.2, -0.15) is 0 Å². The average Bonchev–Trinajstić information content (AvgIpc) is 2.38. The van der Waals surface area contributed by atoms with E-state index in [9.17, 15) is 4.79 Å². The Kier molecular flexibility index (Phi) is 5.42. The van der Waals surface area contributed by atoms with Crippen molar-refractivity contribution in [2.45, 2.75) is 26.2 Å². The summed E-state index contributed by atoms with van der Waals surface area (Å²) in [5.74, 6) is 5.22. The second-order valence-corrected chi connectivity index (χ2v) is 4.01. The maximum atomic E-state index is 12.0. The van der Waals surface area contributed by atoms with Crippen LogP contribution < -0.4 is 11.3 Å². The van der Waals surface area contributed by atoms with Crippen LogP contribution >= 0.6 is 0 Å². The van der Waals surface area contributed by atoms with Gasteiger partial charge in [0.2, 0.25) is 0 Å². The number of hydrogen-bond donors (Lipinski definition) is 2. The van der Waals surface area contributed by atoms with Crippen LogP contribution in [0.1, 0.15) is 36.7 Å². The molecule has 0 radical (unpaired) electrons. The first-order valence-corrected chi connectivity index (χ1v) is 5.87. The summed E-state index contributed by atoms with van der Waals surface area (Å²) in [6.07, 6.45) is 4.87. The van der Waals surface area contributed by atoms with Gasteiger partial charge in [-0.1, -0.05) is 19.8 Å². The molecule has 0 bridgehead atoms. The van der Waals surface area contributed by atoms with Gasteiger partial charge in [0.25, 0.3) is 5.91 Å². The van der Waals surface area contributed by atoms with Gasteiger partial charge >= 0.3 is 0 Å². The number of pyridine rings is 1. The lowest BCUT2D eigenvalue weighted by Gasteiger charge is -2.16. The third kappa shape index (κ3) is 4.03. The highest BCUT2D eigenvalue weighted by molar-refractivity contribution is 5.92. The molecule has 1 heterocycles. The van der Waals surface area contributed by atoms with Gasteiger partial charge < -0.3 is 10.3 Å². The molecular formula is C12H20N4O. The van der Waals surface area contributed by atoms with Crippen molar-refractivity contribution in [2.75, 3.05) is 19.0 Å². The fourth-order valence-corrected chi connectivity index (χ4v) is 1.53. The SMILES string of the molecule is CCCCCN(C)C(=O)c1cc(NN)ccn1. The number of aromatic nitrogens is 1. The normalized spacial score (nSPS) is 10.1. The Balaban J connectivity index is 2.61. The van der Waals surface area contributed by atoms with E-state index >= 15 is 0 Å². The number of amides is 1. The summed E-state index contributed by atoms with van der Waals surface area (Å²) in [4.78, 5) is 17.7. The molecule has 5 heteroatoms. The van der Waals surface area contributed by atoms with E-state index in [1.165, 1.54) is 0 Å². The zero-order chi connectivity index (χ0) is 12.7. The maximum absolute atomic E-state index is 12.0. The Hall–Kier alpha value is -1.62. The molecule has 0 spiro atoms. The minimum absolute atomic E-state index is 0.0711. The molecule has 0 saturated heterocycles. The van der Waals surface area contributed by atoms with Crippen molar-refractivity contribution < 1.29 is 4.79 Å². The molecule has 1 aromatic heterocycles. The average molecular weight is 236 g/mol. The van der Waals surface area contributed by atoms with Crippen LogP contribution in [0.4, 0.5) is 5.69 Å². The van der Waals surface area contributed by atoms with E-state index in [2.05, 4.69) is 17.3 Å². The number of hydrogen-bond acceptors (Lipinski definition) is 4. The molecule has 0 aromatic carbocycles. The Morgan fingerprint density at radius 1 is 1.53 bits per heavy atom. The van der Waals surface area contributed by atoms with Gasteiger partial charge in [0.15, 0.2) is 0 Å². The number of anilines is 1. The summed E-state index contributed by atoms with van der Waals surface area (Å²) in [5, 5.41) is 0. The molecule has 0 fully saturated rings. The van der Waals surface area contributed by atoms with Crippen molar-refractivity contribution in [3.05, 3.63) is 24.0 Å². The van der Waals surface area contributed by atoms with Crippen LogP contribution in [-0.2, 0) is 0 Å². The lowest BCUT2D eigenvalue weighted by Crippen LogP contribution is -2.28. The van der Waals surface area contributed by atoms with Gasteiger partial charge in [0, 0.05) is 19.8 Å². The zero-order valence-corrected chi connectivity index (χ0v) is 10.4. The number of carbonyl (C=O) groups is 1. The van der Waals surface area contributed by atoms with E-state index < -0.39 is 0 Å². The molecule has 0 aliphatic rings. The van der Waals surface area contributed by atoms with Crippen LogP contribution in [0.3, 0.4) is 0 Å². The summed E-state index contributed by atoms with van der Waals surface area (Å²) >= 11 is 0. The third-order valence-electron chi connectivity index (χ3n) is 2.59. The topological polar surface area (TPSA) is 71.2 Å². The third-order valence-corrected chi connectivity index (χ3v) is 2.59. The second-order valence-electron chi connectivity index (χ2n) is 4.01. The van der Waals surface area contributed by atoms with Gasteiger partial charge in [-0.15, -0.1) is 0 Å². The lowest BCUT2D eigenvalue weighted by molar-refractivity contribution is 0.0787. The number of unbranched alkanes of at least 4 members (excludes halogenated alkanes) is 2. The van der Waals surface area contributed by atoms with Crippen LogP contribution in [0.15, 0.2) is 18.3 Å². The van der Waals surface area contributed by atoms with Crippen molar-refractivity contribution in [1.82, 2.24) is 9.88 Å². The summed E-state index contributed by atoms with van der Waals surface area (Å²) in [7, 11) is 1.79. The molecule has 3 N–H and O–H groups in total. The van der Waals surface area contributed by atoms with Crippen LogP contribution in [0.5, 0.6) is 0 Å². The molecule has 0 aliphatic carbocycles. The van der Waals surface area contributed by atoms with Crippen molar-refractivity contribution in [2.24, 2.45) is 5.84 Å². The van der Waals surface area contributed by atoms with Crippen LogP contribution in [-0.4, -0.2) is 29.4 Å². The quantitative estimate of drug-likeness (QED) is 0.447. The predicted molar refractivity (Wildman–Crippen MR) is 68.5 cm³/mol. The minimum Gasteiger partial charge on any atom is -0.340 e. The fraction of sp³-hybridized carbons (Fsp3) is 0.500. The first-order valence-electron chi connectivity index (χ1n) is 5.87. The summed E-state index contributed by atoms with van der Waals surface area (Å²) in [5.41, 5.74) is 3.60. The first kappa shape index (κ1) is 13.4. The number of nitrogens with zero attached hydrogens (tertiary/aromatic N) is 2. The molecule has 17 heavy (non-hydrogen) atoms. The highest BCUT2D eigenvalue weighted by atomic mass is 16.2. The molecule has 0 aliphatic heterocycles. The van der Waals surface area contributed by atoms with Crippen molar-refractivity contribution in [3.8, 4) is 0 Å². The highest BCUT2D eigenvalue weighted by Crippen LogP contribution is 2.08. The highest BCUT2D eigenvalue weighted by Gasteiger charge is 2.12. The molecule has 1 amide bonds. The van der Waals surface area contributed by atoms with E-state index in [1.54, 1.807) is 30.3 Å². The molecule has 0 saturated carbocycles. The van der Waals surface area contributed by atoms with E-state index in [0.717, 1.165) is 25.8 Å². The van der Waals surface area contributed by atoms with E-state index in [-0.39, 0.29) is 5.91 Å². The molecule has 1 aromatic rings. The molecular weight excluding hydrogens is 216 g/mol. The van der Waals surface area contributed by atoms with Gasteiger partial charge in [-0.25, -0.2) is 0 Å². The second kappa shape index (κ2) is 6.85. The summed E-state index contributed by atoms with van der Waals surface area (Å²) in [6.45, 7) is 2.90. The van der Waals surface area contributed by atoms with E-state index in [1.807, 2.05) is 0 Å². The first-order chi connectivity index (χ1) is 8.19. The Labute approximate surface area is 102 Å². The number of carbonyl (C=O) groups excluding carboxylic acids is 1. The van der Waals surface area contributed by atoms with Crippen LogP contribution in [0.25, 0.3) is 0 Å². The van der Waals surface area contributed by atoms with Crippen molar-refractivity contribution in [3.63, 3.8) is 0 Å².